The Morgan fingerprint density at radius 1 is 1.33 bits per heavy atom. The van der Waals surface area contributed by atoms with Crippen LogP contribution in [0.4, 0.5) is 0 Å². The molecule has 88 valence electrons. The Morgan fingerprint density at radius 3 is 2.27 bits per heavy atom. The summed E-state index contributed by atoms with van der Waals surface area (Å²) in [7, 11) is 0. The fraction of sp³-hybridized carbons (Fsp3) is 0.778. The number of nitrogens with one attached hydrogen (secondary N) is 1. The Bertz CT molecular complexity index is 221. The van der Waals surface area contributed by atoms with Crippen molar-refractivity contribution in [2.24, 2.45) is 11.5 Å². The molecule has 2 unspecified atom stereocenters. The van der Waals surface area contributed by atoms with E-state index in [-0.39, 0.29) is 12.6 Å². The van der Waals surface area contributed by atoms with Gasteiger partial charge in [-0.2, -0.15) is 0 Å². The Balaban J connectivity index is 4.24. The molecule has 0 radical (unpaired) electrons. The van der Waals surface area contributed by atoms with E-state index in [0.29, 0.717) is 13.0 Å². The van der Waals surface area contributed by atoms with Crippen molar-refractivity contribution in [1.29, 1.82) is 0 Å². The minimum absolute atomic E-state index is 0.112. The van der Waals surface area contributed by atoms with Crippen LogP contribution in [0.15, 0.2) is 0 Å². The highest BCUT2D eigenvalue weighted by atomic mass is 16.5. The molecule has 6 heteroatoms. The van der Waals surface area contributed by atoms with Crippen LogP contribution < -0.4 is 16.8 Å². The molecule has 0 bridgehead atoms. The molecule has 0 saturated carbocycles. The van der Waals surface area contributed by atoms with Gasteiger partial charge in [0.25, 0.3) is 0 Å². The molecular weight excluding hydrogens is 198 g/mol. The summed E-state index contributed by atoms with van der Waals surface area (Å²) in [6.45, 7) is 4.26. The lowest BCUT2D eigenvalue weighted by Gasteiger charge is -2.21. The summed E-state index contributed by atoms with van der Waals surface area (Å²) in [5, 5.41) is 2.84. The van der Waals surface area contributed by atoms with E-state index in [9.17, 15) is 9.59 Å². The van der Waals surface area contributed by atoms with Crippen LogP contribution in [-0.4, -0.2) is 30.7 Å². The third-order valence-corrected chi connectivity index (χ3v) is 1.87. The van der Waals surface area contributed by atoms with Crippen LogP contribution in [0.2, 0.25) is 0 Å². The normalized spacial score (nSPS) is 14.5. The minimum Gasteiger partial charge on any atom is -0.370 e. The van der Waals surface area contributed by atoms with E-state index in [1.165, 1.54) is 0 Å². The van der Waals surface area contributed by atoms with Crippen LogP contribution in [0.1, 0.15) is 26.7 Å². The molecule has 0 spiro atoms. The van der Waals surface area contributed by atoms with Gasteiger partial charge < -0.3 is 16.2 Å². The van der Waals surface area contributed by atoms with E-state index in [1.807, 2.05) is 13.8 Å². The first-order valence-corrected chi connectivity index (χ1v) is 4.96. The molecule has 0 rings (SSSR count). The van der Waals surface area contributed by atoms with Crippen LogP contribution in [0.5, 0.6) is 0 Å². The maximum atomic E-state index is 11.0. The van der Waals surface area contributed by atoms with Gasteiger partial charge in [0.05, 0.1) is 12.5 Å². The Morgan fingerprint density at radius 2 is 1.93 bits per heavy atom. The van der Waals surface area contributed by atoms with Crippen molar-refractivity contribution < 1.29 is 14.3 Å². The van der Waals surface area contributed by atoms with Gasteiger partial charge in [0, 0.05) is 6.61 Å². The maximum absolute atomic E-state index is 11.0. The number of primary amides is 2. The zero-order valence-electron chi connectivity index (χ0n) is 9.16. The molecule has 2 amide bonds. The summed E-state index contributed by atoms with van der Waals surface area (Å²) in [4.78, 5) is 21.7. The molecular formula is C9H19N3O3. The van der Waals surface area contributed by atoms with Crippen LogP contribution >= 0.6 is 0 Å². The Hall–Kier alpha value is -1.14. The molecule has 0 aromatic rings. The second-order valence-electron chi connectivity index (χ2n) is 3.14. The third kappa shape index (κ3) is 6.03. The van der Waals surface area contributed by atoms with E-state index in [1.54, 1.807) is 0 Å². The fourth-order valence-corrected chi connectivity index (χ4v) is 1.15. The summed E-state index contributed by atoms with van der Waals surface area (Å²) in [5.41, 5.74) is 10.1. The topological polar surface area (TPSA) is 107 Å². The molecule has 0 aliphatic carbocycles. The van der Waals surface area contributed by atoms with Gasteiger partial charge in [-0.3, -0.25) is 14.9 Å². The van der Waals surface area contributed by atoms with E-state index < -0.39 is 17.9 Å². The summed E-state index contributed by atoms with van der Waals surface area (Å²) in [6, 6.07) is -0.765. The number of carbonyl (C=O) groups is 2. The summed E-state index contributed by atoms with van der Waals surface area (Å²) < 4.78 is 5.28. The lowest BCUT2D eigenvalue weighted by atomic mass is 10.2. The smallest absolute Gasteiger partial charge is 0.235 e. The lowest BCUT2D eigenvalue weighted by Crippen LogP contribution is -2.49. The van der Waals surface area contributed by atoms with Crippen LogP contribution in [-0.2, 0) is 14.3 Å². The first-order valence-electron chi connectivity index (χ1n) is 4.96. The van der Waals surface area contributed by atoms with Crippen LogP contribution in [0.3, 0.4) is 0 Å². The number of hydrogen-bond acceptors (Lipinski definition) is 4. The average Bonchev–Trinajstić information content (AvgIpc) is 2.14. The van der Waals surface area contributed by atoms with Crippen molar-refractivity contribution in [3.05, 3.63) is 0 Å². The molecule has 0 heterocycles. The summed E-state index contributed by atoms with van der Waals surface area (Å²) in [6.07, 6.45) is 0.279. The average molecular weight is 217 g/mol. The van der Waals surface area contributed by atoms with Gasteiger partial charge in [-0.05, 0) is 13.3 Å². The van der Waals surface area contributed by atoms with Crippen molar-refractivity contribution in [3.8, 4) is 0 Å². The van der Waals surface area contributed by atoms with Gasteiger partial charge in [0.2, 0.25) is 11.8 Å². The van der Waals surface area contributed by atoms with E-state index >= 15 is 0 Å². The highest BCUT2D eigenvalue weighted by Crippen LogP contribution is 1.99. The molecule has 15 heavy (non-hydrogen) atoms. The molecule has 0 saturated heterocycles. The Kier molecular flexibility index (Phi) is 6.64. The van der Waals surface area contributed by atoms with Crippen LogP contribution in [0.25, 0.3) is 0 Å². The van der Waals surface area contributed by atoms with Crippen LogP contribution in [0, 0.1) is 0 Å². The van der Waals surface area contributed by atoms with E-state index in [4.69, 9.17) is 16.2 Å². The highest BCUT2D eigenvalue weighted by Gasteiger charge is 2.20. The van der Waals surface area contributed by atoms with Crippen molar-refractivity contribution in [1.82, 2.24) is 5.32 Å². The Labute approximate surface area is 89.3 Å². The number of hydrogen-bond donors (Lipinski definition) is 3. The standard InChI is InChI=1S/C9H19N3O3/c1-3-8(15-4-2)12-6(9(11)14)5-7(10)13/h6,8,12H,3-5H2,1-2H3,(H2,10,13)(H2,11,14). The first kappa shape index (κ1) is 13.9. The summed E-state index contributed by atoms with van der Waals surface area (Å²) >= 11 is 0. The number of rotatable bonds is 8. The number of carbonyl (C=O) groups excluding carboxylic acids is 2. The number of nitrogens with two attached hydrogens (primary N) is 2. The van der Waals surface area contributed by atoms with Gasteiger partial charge in [-0.15, -0.1) is 0 Å². The van der Waals surface area contributed by atoms with Crippen molar-refractivity contribution in [2.45, 2.75) is 39.0 Å². The van der Waals surface area contributed by atoms with E-state index in [2.05, 4.69) is 5.32 Å². The molecule has 6 nitrogen and oxygen atoms in total. The monoisotopic (exact) mass is 217 g/mol. The predicted octanol–water partition coefficient (Wildman–Crippen LogP) is -0.922. The van der Waals surface area contributed by atoms with Gasteiger partial charge >= 0.3 is 0 Å². The zero-order chi connectivity index (χ0) is 11.8. The lowest BCUT2D eigenvalue weighted by molar-refractivity contribution is -0.126. The molecule has 0 aromatic carbocycles. The molecule has 5 N–H and O–H groups in total. The molecule has 2 atom stereocenters. The number of amides is 2. The van der Waals surface area contributed by atoms with Crippen molar-refractivity contribution >= 4 is 11.8 Å². The van der Waals surface area contributed by atoms with Crippen molar-refractivity contribution in [3.63, 3.8) is 0 Å². The first-order chi connectivity index (χ1) is 7.01. The van der Waals surface area contributed by atoms with Gasteiger partial charge in [0.15, 0.2) is 0 Å². The molecule has 0 aliphatic heterocycles. The minimum atomic E-state index is -0.765. The molecule has 0 aliphatic rings. The SMILES string of the molecule is CCOC(CC)NC(CC(N)=O)C(N)=O. The number of ether oxygens (including phenoxy) is 1. The van der Waals surface area contributed by atoms with Gasteiger partial charge in [0.1, 0.15) is 6.23 Å². The third-order valence-electron chi connectivity index (χ3n) is 1.87. The fourth-order valence-electron chi connectivity index (χ4n) is 1.15. The van der Waals surface area contributed by atoms with Gasteiger partial charge in [-0.25, -0.2) is 0 Å². The highest BCUT2D eigenvalue weighted by molar-refractivity contribution is 5.86. The second-order valence-corrected chi connectivity index (χ2v) is 3.14. The van der Waals surface area contributed by atoms with Crippen molar-refractivity contribution in [2.75, 3.05) is 6.61 Å². The summed E-state index contributed by atoms with van der Waals surface area (Å²) in [5.74, 6) is -1.18. The second kappa shape index (κ2) is 7.19. The van der Waals surface area contributed by atoms with Gasteiger partial charge in [-0.1, -0.05) is 6.92 Å². The quantitative estimate of drug-likeness (QED) is 0.457. The zero-order valence-corrected chi connectivity index (χ0v) is 9.16. The maximum Gasteiger partial charge on any atom is 0.235 e. The molecule has 0 aromatic heterocycles. The predicted molar refractivity (Wildman–Crippen MR) is 55.6 cm³/mol. The van der Waals surface area contributed by atoms with E-state index in [0.717, 1.165) is 0 Å². The molecule has 0 fully saturated rings. The largest absolute Gasteiger partial charge is 0.370 e.